The van der Waals surface area contributed by atoms with Crippen molar-refractivity contribution in [2.45, 2.75) is 44.7 Å². The number of fused-ring (bicyclic) bond motifs is 2. The number of aryl methyl sites for hydroxylation is 2. The predicted octanol–water partition coefficient (Wildman–Crippen LogP) is 4.09. The first-order chi connectivity index (χ1) is 14.7. The summed E-state index contributed by atoms with van der Waals surface area (Å²) in [5.74, 6) is 1.63. The van der Waals surface area contributed by atoms with Gasteiger partial charge >= 0.3 is 0 Å². The van der Waals surface area contributed by atoms with E-state index in [0.717, 1.165) is 61.1 Å². The lowest BCUT2D eigenvalue weighted by Gasteiger charge is -2.41. The highest BCUT2D eigenvalue weighted by molar-refractivity contribution is 5.87. The van der Waals surface area contributed by atoms with E-state index in [1.165, 1.54) is 24.0 Å². The Morgan fingerprint density at radius 2 is 2.00 bits per heavy atom. The minimum atomic E-state index is 0.202. The summed E-state index contributed by atoms with van der Waals surface area (Å²) in [5.41, 5.74) is 4.83. The standard InChI is InChI=1S/C24H31N5O/c1-16-13-20-23(27-16)25-15-26-24(20)28-22-19-6-4-3-5-18(19)7-8-21(22)29(2)14-17-9-11-30-12-10-17/h3-6,13,15,17,21-22H,7-12,14H2,1-2H3,(H2,25,26,27,28). The van der Waals surface area contributed by atoms with Crippen molar-refractivity contribution in [3.05, 3.63) is 53.5 Å². The average Bonchev–Trinajstić information content (AvgIpc) is 3.16. The Bertz CT molecular complexity index is 1010. The molecule has 1 aromatic carbocycles. The quantitative estimate of drug-likeness (QED) is 0.669. The second-order valence-corrected chi connectivity index (χ2v) is 8.86. The van der Waals surface area contributed by atoms with Crippen molar-refractivity contribution in [3.8, 4) is 0 Å². The Hall–Kier alpha value is -2.44. The lowest BCUT2D eigenvalue weighted by Crippen LogP contribution is -2.45. The molecule has 6 nitrogen and oxygen atoms in total. The van der Waals surface area contributed by atoms with Crippen LogP contribution in [0.2, 0.25) is 0 Å². The van der Waals surface area contributed by atoms with Gasteiger partial charge in [0, 0.05) is 31.5 Å². The van der Waals surface area contributed by atoms with Crippen LogP contribution in [0.3, 0.4) is 0 Å². The van der Waals surface area contributed by atoms with E-state index in [9.17, 15) is 0 Å². The van der Waals surface area contributed by atoms with Crippen LogP contribution < -0.4 is 5.32 Å². The molecule has 158 valence electrons. The molecule has 2 unspecified atom stereocenters. The smallest absolute Gasteiger partial charge is 0.143 e. The normalized spacial score (nSPS) is 22.4. The summed E-state index contributed by atoms with van der Waals surface area (Å²) < 4.78 is 5.57. The first-order valence-corrected chi connectivity index (χ1v) is 11.1. The van der Waals surface area contributed by atoms with Gasteiger partial charge < -0.3 is 19.9 Å². The second kappa shape index (κ2) is 8.36. The van der Waals surface area contributed by atoms with Crippen molar-refractivity contribution in [3.63, 3.8) is 0 Å². The van der Waals surface area contributed by atoms with Gasteiger partial charge in [-0.3, -0.25) is 0 Å². The molecule has 2 aromatic heterocycles. The number of hydrogen-bond donors (Lipinski definition) is 2. The lowest BCUT2D eigenvalue weighted by molar-refractivity contribution is 0.0475. The zero-order chi connectivity index (χ0) is 20.5. The molecule has 6 heteroatoms. The molecule has 30 heavy (non-hydrogen) atoms. The molecule has 3 aromatic rings. The van der Waals surface area contributed by atoms with Crippen molar-refractivity contribution < 1.29 is 4.74 Å². The molecule has 0 bridgehead atoms. The molecule has 1 aliphatic heterocycles. The van der Waals surface area contributed by atoms with E-state index >= 15 is 0 Å². The number of ether oxygens (including phenoxy) is 1. The number of H-pyrrole nitrogens is 1. The number of nitrogens with one attached hydrogen (secondary N) is 2. The highest BCUT2D eigenvalue weighted by atomic mass is 16.5. The van der Waals surface area contributed by atoms with Gasteiger partial charge in [-0.1, -0.05) is 24.3 Å². The predicted molar refractivity (Wildman–Crippen MR) is 120 cm³/mol. The van der Waals surface area contributed by atoms with E-state index in [0.29, 0.717) is 6.04 Å². The largest absolute Gasteiger partial charge is 0.381 e. The zero-order valence-electron chi connectivity index (χ0n) is 17.9. The van der Waals surface area contributed by atoms with Gasteiger partial charge in [0.2, 0.25) is 0 Å². The van der Waals surface area contributed by atoms with Gasteiger partial charge in [0.15, 0.2) is 0 Å². The molecule has 1 saturated heterocycles. The Labute approximate surface area is 178 Å². The molecule has 0 amide bonds. The first-order valence-electron chi connectivity index (χ1n) is 11.1. The first kappa shape index (κ1) is 19.5. The van der Waals surface area contributed by atoms with Gasteiger partial charge in [-0.25, -0.2) is 9.97 Å². The van der Waals surface area contributed by atoms with E-state index in [4.69, 9.17) is 4.74 Å². The maximum atomic E-state index is 5.57. The van der Waals surface area contributed by atoms with Gasteiger partial charge in [-0.05, 0) is 62.8 Å². The van der Waals surface area contributed by atoms with Crippen LogP contribution in [-0.4, -0.2) is 52.7 Å². The molecule has 0 saturated carbocycles. The Kier molecular flexibility index (Phi) is 5.44. The molecule has 1 fully saturated rings. The zero-order valence-corrected chi connectivity index (χ0v) is 17.9. The third-order valence-corrected chi connectivity index (χ3v) is 6.79. The monoisotopic (exact) mass is 405 g/mol. The fraction of sp³-hybridized carbons (Fsp3) is 0.500. The van der Waals surface area contributed by atoms with Crippen LogP contribution in [-0.2, 0) is 11.2 Å². The van der Waals surface area contributed by atoms with Crippen molar-refractivity contribution >= 4 is 16.9 Å². The number of anilines is 1. The Morgan fingerprint density at radius 1 is 1.17 bits per heavy atom. The molecule has 3 heterocycles. The minimum Gasteiger partial charge on any atom is -0.381 e. The fourth-order valence-corrected chi connectivity index (χ4v) is 5.20. The van der Waals surface area contributed by atoms with Crippen molar-refractivity contribution in [2.75, 3.05) is 32.1 Å². The Morgan fingerprint density at radius 3 is 2.87 bits per heavy atom. The SMILES string of the molecule is Cc1cc2c(NC3c4ccccc4CCC3N(C)CC3CCOCC3)ncnc2[nH]1. The number of benzene rings is 1. The van der Waals surface area contributed by atoms with Gasteiger partial charge in [0.25, 0.3) is 0 Å². The number of aromatic amines is 1. The summed E-state index contributed by atoms with van der Waals surface area (Å²) in [6.45, 7) is 4.99. The lowest BCUT2D eigenvalue weighted by atomic mass is 9.82. The van der Waals surface area contributed by atoms with Crippen molar-refractivity contribution in [1.82, 2.24) is 19.9 Å². The van der Waals surface area contributed by atoms with E-state index in [2.05, 4.69) is 69.5 Å². The van der Waals surface area contributed by atoms with Crippen LogP contribution in [0.1, 0.15) is 42.1 Å². The molecular formula is C24H31N5O. The summed E-state index contributed by atoms with van der Waals surface area (Å²) in [6.07, 6.45) is 6.26. The Balaban J connectivity index is 1.46. The third kappa shape index (κ3) is 3.82. The summed E-state index contributed by atoms with van der Waals surface area (Å²) in [6, 6.07) is 11.6. The van der Waals surface area contributed by atoms with Crippen LogP contribution in [0, 0.1) is 12.8 Å². The van der Waals surface area contributed by atoms with E-state index in [-0.39, 0.29) is 6.04 Å². The molecule has 0 spiro atoms. The number of nitrogens with zero attached hydrogens (tertiary/aromatic N) is 3. The van der Waals surface area contributed by atoms with Gasteiger partial charge in [-0.2, -0.15) is 0 Å². The number of likely N-dealkylation sites (N-methyl/N-ethyl adjacent to an activating group) is 1. The van der Waals surface area contributed by atoms with Crippen LogP contribution >= 0.6 is 0 Å². The fourth-order valence-electron chi connectivity index (χ4n) is 5.20. The maximum Gasteiger partial charge on any atom is 0.143 e. The van der Waals surface area contributed by atoms with E-state index in [1.807, 2.05) is 0 Å². The highest BCUT2D eigenvalue weighted by Crippen LogP contribution is 2.36. The number of rotatable bonds is 5. The average molecular weight is 406 g/mol. The number of aromatic nitrogens is 3. The summed E-state index contributed by atoms with van der Waals surface area (Å²) in [5, 5.41) is 4.88. The minimum absolute atomic E-state index is 0.202. The highest BCUT2D eigenvalue weighted by Gasteiger charge is 2.33. The molecule has 1 aliphatic carbocycles. The maximum absolute atomic E-state index is 5.57. The van der Waals surface area contributed by atoms with Crippen LogP contribution in [0.25, 0.3) is 11.0 Å². The number of hydrogen-bond acceptors (Lipinski definition) is 5. The molecule has 0 radical (unpaired) electrons. The van der Waals surface area contributed by atoms with Gasteiger partial charge in [-0.15, -0.1) is 0 Å². The summed E-state index contributed by atoms with van der Waals surface area (Å²) >= 11 is 0. The summed E-state index contributed by atoms with van der Waals surface area (Å²) in [7, 11) is 2.29. The molecule has 5 rings (SSSR count). The van der Waals surface area contributed by atoms with Crippen molar-refractivity contribution in [2.24, 2.45) is 5.92 Å². The molecular weight excluding hydrogens is 374 g/mol. The van der Waals surface area contributed by atoms with Crippen LogP contribution in [0.15, 0.2) is 36.7 Å². The van der Waals surface area contributed by atoms with E-state index < -0.39 is 0 Å². The summed E-state index contributed by atoms with van der Waals surface area (Å²) in [4.78, 5) is 14.9. The van der Waals surface area contributed by atoms with E-state index in [1.54, 1.807) is 6.33 Å². The topological polar surface area (TPSA) is 66.1 Å². The van der Waals surface area contributed by atoms with Gasteiger partial charge in [0.1, 0.15) is 17.8 Å². The third-order valence-electron chi connectivity index (χ3n) is 6.79. The second-order valence-electron chi connectivity index (χ2n) is 8.86. The van der Waals surface area contributed by atoms with Gasteiger partial charge in [0.05, 0.1) is 11.4 Å². The van der Waals surface area contributed by atoms with Crippen LogP contribution in [0.4, 0.5) is 5.82 Å². The van der Waals surface area contributed by atoms with Crippen LogP contribution in [0.5, 0.6) is 0 Å². The molecule has 2 aliphatic rings. The molecule has 2 N–H and O–H groups in total. The van der Waals surface area contributed by atoms with Crippen molar-refractivity contribution in [1.29, 1.82) is 0 Å². The molecule has 2 atom stereocenters.